The van der Waals surface area contributed by atoms with Crippen molar-refractivity contribution in [2.24, 2.45) is 0 Å². The molecule has 0 saturated heterocycles. The quantitative estimate of drug-likeness (QED) is 0.183. The van der Waals surface area contributed by atoms with E-state index in [0.717, 1.165) is 17.2 Å². The highest BCUT2D eigenvalue weighted by Gasteiger charge is 2.15. The number of rotatable bonds is 5. The Labute approximate surface area is 321 Å². The number of aromatic nitrogens is 3. The summed E-state index contributed by atoms with van der Waals surface area (Å²) < 4.78 is 174. The van der Waals surface area contributed by atoms with E-state index in [9.17, 15) is 9.60 Å². The number of hydrogen-bond acceptors (Lipinski definition) is 4. The van der Waals surface area contributed by atoms with Crippen molar-refractivity contribution >= 4 is 43.5 Å². The molecule has 10 aromatic rings. The van der Waals surface area contributed by atoms with Gasteiger partial charge in [0.15, 0.2) is 17.5 Å². The summed E-state index contributed by atoms with van der Waals surface area (Å²) in [5.41, 5.74) is -0.504. The van der Waals surface area contributed by atoms with Gasteiger partial charge in [0.2, 0.25) is 0 Å². The first kappa shape index (κ1) is 15.8. The molecule has 10 rings (SSSR count). The van der Waals surface area contributed by atoms with E-state index < -0.39 is 159 Å². The van der Waals surface area contributed by atoms with Crippen LogP contribution in [0.15, 0.2) is 180 Å². The van der Waals surface area contributed by atoms with Gasteiger partial charge >= 0.3 is 0 Å². The first-order chi connectivity index (χ1) is 33.2. The molecule has 0 unspecified atom stereocenters. The molecule has 0 saturated carbocycles. The average molecular weight is 671 g/mol. The van der Waals surface area contributed by atoms with Gasteiger partial charge < -0.3 is 4.42 Å². The van der Waals surface area contributed by atoms with Crippen LogP contribution < -0.4 is 0 Å². The number of nitrogens with zero attached hydrogens (tertiary/aromatic N) is 3. The maximum Gasteiger partial charge on any atom is 0.164 e. The maximum absolute atomic E-state index is 9.56. The van der Waals surface area contributed by atoms with Gasteiger partial charge in [0.05, 0.1) is 26.0 Å². The summed E-state index contributed by atoms with van der Waals surface area (Å²) in [6, 6.07) is 4.89. The van der Waals surface area contributed by atoms with Crippen LogP contribution in [0.3, 0.4) is 0 Å². The topological polar surface area (TPSA) is 51.8 Å². The van der Waals surface area contributed by atoms with Crippen LogP contribution in [0.5, 0.6) is 0 Å². The summed E-state index contributed by atoms with van der Waals surface area (Å²) >= 11 is 0. The Hall–Kier alpha value is -6.91. The number of furan rings is 1. The fraction of sp³-hybridized carbons (Fsp3) is 0. The van der Waals surface area contributed by atoms with Gasteiger partial charge in [0.1, 0.15) is 11.2 Å². The lowest BCUT2D eigenvalue weighted by molar-refractivity contribution is 0.669. The van der Waals surface area contributed by atoms with Gasteiger partial charge in [-0.1, -0.05) is 145 Å². The molecule has 2 aromatic heterocycles. The Morgan fingerprint density at radius 1 is 0.392 bits per heavy atom. The largest absolute Gasteiger partial charge is 0.456 e. The van der Waals surface area contributed by atoms with Crippen molar-refractivity contribution in [3.63, 3.8) is 0 Å². The van der Waals surface area contributed by atoms with Crippen LogP contribution in [0, 0.1) is 0 Å². The molecular formula is C47H29N3O. The highest BCUT2D eigenvalue weighted by Crippen LogP contribution is 2.38. The third kappa shape index (κ3) is 5.22. The molecule has 2 heterocycles. The molecule has 51 heavy (non-hydrogen) atoms. The van der Waals surface area contributed by atoms with Crippen molar-refractivity contribution in [3.05, 3.63) is 175 Å². The zero-order valence-corrected chi connectivity index (χ0v) is 26.0. The van der Waals surface area contributed by atoms with E-state index >= 15 is 0 Å². The fourth-order valence-electron chi connectivity index (χ4n) is 5.79. The normalized spacial score (nSPS) is 16.7. The summed E-state index contributed by atoms with van der Waals surface area (Å²) in [6.07, 6.45) is 0. The van der Waals surface area contributed by atoms with E-state index in [1.807, 2.05) is 30.3 Å². The molecule has 0 atom stereocenters. The lowest BCUT2D eigenvalue weighted by atomic mass is 9.96. The van der Waals surface area contributed by atoms with Gasteiger partial charge in [0, 0.05) is 27.5 Å². The molecule has 0 amide bonds. The van der Waals surface area contributed by atoms with E-state index in [0.29, 0.717) is 5.56 Å². The Bertz CT molecular complexity index is 3990. The number of hydrogen-bond donors (Lipinski definition) is 0. The van der Waals surface area contributed by atoms with E-state index in [1.54, 1.807) is 24.3 Å². The van der Waals surface area contributed by atoms with Crippen molar-refractivity contribution in [3.8, 4) is 56.4 Å². The van der Waals surface area contributed by atoms with Crippen molar-refractivity contribution in [2.75, 3.05) is 0 Å². The molecule has 0 N–H and O–H groups in total. The Morgan fingerprint density at radius 2 is 0.980 bits per heavy atom. The molecule has 238 valence electrons. The Balaban J connectivity index is 1.26. The fourth-order valence-corrected chi connectivity index (χ4v) is 5.79. The SMILES string of the molecule is [2H]c1c([2H])c([2H])c2c(oc3c([2H])c([2H])c([2H])c(-c4c([2H])c([2H])c5c([2H])c(-c6nc(-c7ccc(-c8ccccc8)cc7)nc(-c7cc([2H])c8c([2H])c([2H])c([2H])c([2H])c8c7[2H])n6)c([2H])c([2H])c5c4[2H])c32)c1[2H]. The third-order valence-electron chi connectivity index (χ3n) is 8.23. The highest BCUT2D eigenvalue weighted by molar-refractivity contribution is 6.13. The van der Waals surface area contributed by atoms with Crippen LogP contribution in [-0.2, 0) is 0 Å². The molecule has 4 nitrogen and oxygen atoms in total. The van der Waals surface area contributed by atoms with Crippen LogP contribution in [0.2, 0.25) is 0 Å². The second-order valence-electron chi connectivity index (χ2n) is 11.3. The Morgan fingerprint density at radius 3 is 1.80 bits per heavy atom. The zero-order chi connectivity index (χ0) is 50.3. The van der Waals surface area contributed by atoms with Crippen LogP contribution in [0.25, 0.3) is 99.9 Å². The lowest BCUT2D eigenvalue weighted by Gasteiger charge is -2.11. The average Bonchev–Trinajstić information content (AvgIpc) is 3.76. The second-order valence-corrected chi connectivity index (χ2v) is 11.3. The van der Waals surface area contributed by atoms with E-state index in [2.05, 4.69) is 15.0 Å². The molecular weight excluding hydrogens is 623 g/mol. The molecule has 0 fully saturated rings. The summed E-state index contributed by atoms with van der Waals surface area (Å²) in [5.74, 6) is -0.856. The van der Waals surface area contributed by atoms with Gasteiger partial charge in [0.25, 0.3) is 0 Å². The lowest BCUT2D eigenvalue weighted by Crippen LogP contribution is -2.00. The van der Waals surface area contributed by atoms with E-state index in [-0.39, 0.29) is 38.8 Å². The van der Waals surface area contributed by atoms with Crippen molar-refractivity contribution in [2.45, 2.75) is 0 Å². The van der Waals surface area contributed by atoms with Crippen LogP contribution in [0.4, 0.5) is 0 Å². The first-order valence-corrected chi connectivity index (χ1v) is 15.6. The standard InChI is InChI=1S/C47H29N3O/c1-2-9-30(10-3-1)32-17-20-33(21-18-32)45-48-46(38-25-19-31-11-4-5-12-34(31)28-38)50-47(49-45)39-26-23-35-27-37(24-22-36(35)29-39)40-14-8-16-43-44(40)41-13-6-7-15-42(41)51-43/h1-29H/i4D,5D,6D,7D,8D,11D,12D,13D,14D,15D,16D,19D,22D,23D,24D,26D,27D,28D,29D. The summed E-state index contributed by atoms with van der Waals surface area (Å²) in [7, 11) is 0. The van der Waals surface area contributed by atoms with Crippen molar-refractivity contribution < 1.29 is 30.5 Å². The van der Waals surface area contributed by atoms with E-state index in [1.165, 1.54) is 0 Å². The minimum absolute atomic E-state index is 0.0869. The minimum Gasteiger partial charge on any atom is -0.456 e. The first-order valence-electron chi connectivity index (χ1n) is 25.1. The molecule has 0 radical (unpaired) electrons. The molecule has 0 aliphatic carbocycles. The van der Waals surface area contributed by atoms with E-state index in [4.69, 9.17) is 20.9 Å². The van der Waals surface area contributed by atoms with Gasteiger partial charge in [-0.25, -0.2) is 15.0 Å². The number of para-hydroxylation sites is 1. The minimum atomic E-state index is -0.811. The van der Waals surface area contributed by atoms with Crippen molar-refractivity contribution in [1.29, 1.82) is 0 Å². The highest BCUT2D eigenvalue weighted by atomic mass is 16.3. The summed E-state index contributed by atoms with van der Waals surface area (Å²) in [5, 5.41) is -2.15. The van der Waals surface area contributed by atoms with Crippen LogP contribution in [-0.4, -0.2) is 15.0 Å². The number of fused-ring (bicyclic) bond motifs is 5. The maximum atomic E-state index is 9.56. The molecule has 0 aliphatic heterocycles. The van der Waals surface area contributed by atoms with Gasteiger partial charge in [-0.05, 0) is 74.0 Å². The van der Waals surface area contributed by atoms with Gasteiger partial charge in [-0.3, -0.25) is 0 Å². The van der Waals surface area contributed by atoms with Crippen molar-refractivity contribution in [1.82, 2.24) is 15.0 Å². The smallest absolute Gasteiger partial charge is 0.164 e. The van der Waals surface area contributed by atoms with Gasteiger partial charge in [-0.2, -0.15) is 0 Å². The van der Waals surface area contributed by atoms with Crippen LogP contribution >= 0.6 is 0 Å². The van der Waals surface area contributed by atoms with Crippen LogP contribution in [0.1, 0.15) is 26.0 Å². The molecule has 0 bridgehead atoms. The molecule has 4 heteroatoms. The second kappa shape index (κ2) is 11.9. The predicted molar refractivity (Wildman–Crippen MR) is 209 cm³/mol. The monoisotopic (exact) mass is 670 g/mol. The molecule has 0 aliphatic rings. The predicted octanol–water partition coefficient (Wildman–Crippen LogP) is 12.4. The summed E-state index contributed by atoms with van der Waals surface area (Å²) in [6.45, 7) is 0. The summed E-state index contributed by atoms with van der Waals surface area (Å²) in [4.78, 5) is 13.8. The molecule has 0 spiro atoms. The van der Waals surface area contributed by atoms with Gasteiger partial charge in [-0.15, -0.1) is 0 Å². The zero-order valence-electron chi connectivity index (χ0n) is 45.0. The molecule has 8 aromatic carbocycles. The number of benzene rings is 8. The third-order valence-corrected chi connectivity index (χ3v) is 8.23. The Kier molecular flexibility index (Phi) is 3.68.